The van der Waals surface area contributed by atoms with Crippen LogP contribution in [0.25, 0.3) is 0 Å². The van der Waals surface area contributed by atoms with E-state index < -0.39 is 70.9 Å². The number of halogens is 5. The van der Waals surface area contributed by atoms with Crippen molar-refractivity contribution in [3.05, 3.63) is 46.5 Å². The van der Waals surface area contributed by atoms with Gasteiger partial charge in [0, 0.05) is 6.08 Å². The molecule has 2 unspecified atom stereocenters. The first-order valence-electron chi connectivity index (χ1n) is 7.90. The van der Waals surface area contributed by atoms with Gasteiger partial charge in [-0.05, 0) is 11.3 Å². The summed E-state index contributed by atoms with van der Waals surface area (Å²) in [6, 6.07) is 0. The van der Waals surface area contributed by atoms with Crippen molar-refractivity contribution in [3.8, 4) is 0 Å². The number of hydrogen-bond donors (Lipinski definition) is 0. The average Bonchev–Trinajstić information content (AvgIpc) is 3.18. The Labute approximate surface area is 151 Å². The van der Waals surface area contributed by atoms with Crippen LogP contribution in [-0.2, 0) is 32.3 Å². The third-order valence-corrected chi connectivity index (χ3v) is 4.74. The highest BCUT2D eigenvalue weighted by atomic mass is 19.2. The normalized spacial score (nSPS) is 20.6. The highest BCUT2D eigenvalue weighted by Gasteiger charge is 2.61. The molecule has 0 saturated heterocycles. The van der Waals surface area contributed by atoms with Gasteiger partial charge in [-0.1, -0.05) is 19.9 Å². The van der Waals surface area contributed by atoms with Gasteiger partial charge in [-0.15, -0.1) is 0 Å². The van der Waals surface area contributed by atoms with Crippen LogP contribution >= 0.6 is 0 Å². The fourth-order valence-corrected chi connectivity index (χ4v) is 2.94. The van der Waals surface area contributed by atoms with Crippen molar-refractivity contribution in [2.75, 3.05) is 7.11 Å². The first-order chi connectivity index (χ1) is 12.6. The minimum atomic E-state index is -1.87. The Morgan fingerprint density at radius 3 is 2.04 bits per heavy atom. The van der Waals surface area contributed by atoms with E-state index in [1.807, 2.05) is 0 Å². The van der Waals surface area contributed by atoms with E-state index >= 15 is 0 Å². The molecule has 1 aliphatic carbocycles. The maximum absolute atomic E-state index is 13.8. The molecule has 0 N–H and O–H groups in total. The second kappa shape index (κ2) is 7.66. The van der Waals surface area contributed by atoms with Gasteiger partial charge in [0.05, 0.1) is 24.2 Å². The number of ether oxygens (including phenoxy) is 2. The number of hydrogen-bond acceptors (Lipinski definition) is 4. The van der Waals surface area contributed by atoms with E-state index in [2.05, 4.69) is 4.74 Å². The Morgan fingerprint density at radius 2 is 1.56 bits per heavy atom. The van der Waals surface area contributed by atoms with Crippen LogP contribution in [0.2, 0.25) is 0 Å². The molecule has 4 nitrogen and oxygen atoms in total. The maximum Gasteiger partial charge on any atom is 0.330 e. The second-order valence-corrected chi connectivity index (χ2v) is 6.66. The predicted molar refractivity (Wildman–Crippen MR) is 82.8 cm³/mol. The summed E-state index contributed by atoms with van der Waals surface area (Å²) in [4.78, 5) is 23.3. The van der Waals surface area contributed by atoms with Crippen LogP contribution in [0.5, 0.6) is 0 Å². The number of rotatable bonds is 6. The largest absolute Gasteiger partial charge is 0.466 e. The Morgan fingerprint density at radius 1 is 1.04 bits per heavy atom. The summed E-state index contributed by atoms with van der Waals surface area (Å²) in [6.45, 7) is 0.635. The summed E-state index contributed by atoms with van der Waals surface area (Å²) in [7, 11) is 1.19. The third-order valence-electron chi connectivity index (χ3n) is 4.74. The molecule has 1 saturated carbocycles. The summed E-state index contributed by atoms with van der Waals surface area (Å²) in [5, 5.41) is 0. The summed E-state index contributed by atoms with van der Waals surface area (Å²) in [5.74, 6) is -9.94. The Bertz CT molecular complexity index is 774. The van der Waals surface area contributed by atoms with Crippen molar-refractivity contribution in [3.63, 3.8) is 0 Å². The lowest BCUT2D eigenvalue weighted by molar-refractivity contribution is -0.147. The van der Waals surface area contributed by atoms with Crippen LogP contribution in [0.3, 0.4) is 0 Å². The molecule has 148 valence electrons. The standard InChI is InChI=1S/C18H17F5O4/c1-18(2)10(4-5-11(24)26-3)12(18)17(25)27-7-9-15(22)13(20)8(6-19)14(21)16(9)23/h4-5,10,12H,6-7H2,1-3H3. The number of carbonyl (C=O) groups excluding carboxylic acids is 2. The zero-order valence-electron chi connectivity index (χ0n) is 14.7. The zero-order valence-corrected chi connectivity index (χ0v) is 14.7. The fraction of sp³-hybridized carbons (Fsp3) is 0.444. The van der Waals surface area contributed by atoms with Crippen LogP contribution in [-0.4, -0.2) is 19.0 Å². The van der Waals surface area contributed by atoms with Crippen molar-refractivity contribution in [2.24, 2.45) is 17.3 Å². The number of carbonyl (C=O) groups is 2. The summed E-state index contributed by atoms with van der Waals surface area (Å²) in [5.41, 5.74) is -3.10. The summed E-state index contributed by atoms with van der Waals surface area (Å²) < 4.78 is 76.6. The van der Waals surface area contributed by atoms with E-state index in [1.165, 1.54) is 13.2 Å². The number of benzene rings is 1. The Balaban J connectivity index is 2.13. The second-order valence-electron chi connectivity index (χ2n) is 6.66. The van der Waals surface area contributed by atoms with Crippen LogP contribution in [0.15, 0.2) is 12.2 Å². The third kappa shape index (κ3) is 3.81. The number of esters is 2. The minimum Gasteiger partial charge on any atom is -0.466 e. The monoisotopic (exact) mass is 392 g/mol. The van der Waals surface area contributed by atoms with Gasteiger partial charge in [0.25, 0.3) is 0 Å². The average molecular weight is 392 g/mol. The lowest BCUT2D eigenvalue weighted by Gasteiger charge is -2.11. The molecule has 0 spiro atoms. The van der Waals surface area contributed by atoms with Gasteiger partial charge in [0.15, 0.2) is 23.3 Å². The fourth-order valence-electron chi connectivity index (χ4n) is 2.94. The van der Waals surface area contributed by atoms with Crippen molar-refractivity contribution in [2.45, 2.75) is 27.1 Å². The zero-order chi connectivity index (χ0) is 20.5. The van der Waals surface area contributed by atoms with Gasteiger partial charge in [-0.3, -0.25) is 4.79 Å². The molecule has 0 radical (unpaired) electrons. The van der Waals surface area contributed by atoms with Crippen molar-refractivity contribution < 1.29 is 41.0 Å². The number of allylic oxidation sites excluding steroid dienone is 1. The van der Waals surface area contributed by atoms with Gasteiger partial charge in [-0.25, -0.2) is 26.7 Å². The lowest BCUT2D eigenvalue weighted by Crippen LogP contribution is -2.14. The van der Waals surface area contributed by atoms with E-state index in [9.17, 15) is 31.5 Å². The molecule has 0 aliphatic heterocycles. The van der Waals surface area contributed by atoms with E-state index in [4.69, 9.17) is 4.74 Å². The molecule has 2 atom stereocenters. The van der Waals surface area contributed by atoms with Crippen molar-refractivity contribution in [1.29, 1.82) is 0 Å². The van der Waals surface area contributed by atoms with Gasteiger partial charge < -0.3 is 9.47 Å². The smallest absolute Gasteiger partial charge is 0.330 e. The molecular weight excluding hydrogens is 375 g/mol. The number of alkyl halides is 1. The van der Waals surface area contributed by atoms with E-state index in [-0.39, 0.29) is 5.92 Å². The molecule has 27 heavy (non-hydrogen) atoms. The minimum absolute atomic E-state index is 0.388. The first-order valence-corrected chi connectivity index (χ1v) is 7.90. The summed E-state index contributed by atoms with van der Waals surface area (Å²) >= 11 is 0. The molecule has 0 amide bonds. The van der Waals surface area contributed by atoms with Crippen LogP contribution in [0.4, 0.5) is 22.0 Å². The molecule has 0 aromatic heterocycles. The highest BCUT2D eigenvalue weighted by molar-refractivity contribution is 5.83. The summed E-state index contributed by atoms with van der Waals surface area (Å²) in [6.07, 6.45) is 2.59. The first kappa shape index (κ1) is 20.9. The predicted octanol–water partition coefficient (Wildman–Crippen LogP) is 3.76. The van der Waals surface area contributed by atoms with Gasteiger partial charge >= 0.3 is 11.9 Å². The molecular formula is C18H17F5O4. The van der Waals surface area contributed by atoms with Gasteiger partial charge in [0.1, 0.15) is 13.3 Å². The van der Waals surface area contributed by atoms with E-state index in [0.29, 0.717) is 0 Å². The van der Waals surface area contributed by atoms with Crippen molar-refractivity contribution in [1.82, 2.24) is 0 Å². The van der Waals surface area contributed by atoms with Crippen molar-refractivity contribution >= 4 is 11.9 Å². The Kier molecular flexibility index (Phi) is 5.91. The molecule has 2 rings (SSSR count). The quantitative estimate of drug-likeness (QED) is 0.320. The molecule has 1 aromatic carbocycles. The topological polar surface area (TPSA) is 52.6 Å². The molecule has 1 fully saturated rings. The highest BCUT2D eigenvalue weighted by Crippen LogP contribution is 2.59. The molecule has 9 heteroatoms. The van der Waals surface area contributed by atoms with E-state index in [1.54, 1.807) is 13.8 Å². The van der Waals surface area contributed by atoms with Crippen LogP contribution in [0.1, 0.15) is 25.0 Å². The lowest BCUT2D eigenvalue weighted by atomic mass is 10.1. The van der Waals surface area contributed by atoms with E-state index in [0.717, 1.165) is 6.08 Å². The molecule has 0 heterocycles. The molecule has 1 aliphatic rings. The van der Waals surface area contributed by atoms with Crippen LogP contribution in [0, 0.1) is 40.5 Å². The van der Waals surface area contributed by atoms with Gasteiger partial charge in [-0.2, -0.15) is 0 Å². The maximum atomic E-state index is 13.8. The Hall–Kier alpha value is -2.45. The number of methoxy groups -OCH3 is 1. The molecule has 0 bridgehead atoms. The SMILES string of the molecule is COC(=O)C=CC1C(C(=O)OCc2c(F)c(F)c(CF)c(F)c2F)C1(C)C. The van der Waals surface area contributed by atoms with Gasteiger partial charge in [0.2, 0.25) is 0 Å². The molecule has 1 aromatic rings. The van der Waals surface area contributed by atoms with Crippen LogP contribution < -0.4 is 0 Å².